The Balaban J connectivity index is 1.43. The molecule has 2 amide bonds. The predicted octanol–water partition coefficient (Wildman–Crippen LogP) is 6.38. The van der Waals surface area contributed by atoms with E-state index in [1.165, 1.54) is 5.56 Å². The number of aryl methyl sites for hydroxylation is 3. The highest BCUT2D eigenvalue weighted by molar-refractivity contribution is 6.30. The molecule has 1 unspecified atom stereocenters. The molecule has 0 aliphatic carbocycles. The van der Waals surface area contributed by atoms with Crippen LogP contribution in [-0.4, -0.2) is 52.1 Å². The van der Waals surface area contributed by atoms with Gasteiger partial charge in [0.2, 0.25) is 11.9 Å². The number of halogens is 1. The van der Waals surface area contributed by atoms with Crippen molar-refractivity contribution in [2.75, 3.05) is 25.0 Å². The smallest absolute Gasteiger partial charge is 0.254 e. The van der Waals surface area contributed by atoms with Crippen molar-refractivity contribution in [3.8, 4) is 16.9 Å². The summed E-state index contributed by atoms with van der Waals surface area (Å²) in [4.78, 5) is 33.3. The highest BCUT2D eigenvalue weighted by Gasteiger charge is 2.26. The first-order chi connectivity index (χ1) is 19.3. The molecule has 1 aliphatic rings. The van der Waals surface area contributed by atoms with Crippen LogP contribution in [0.5, 0.6) is 0 Å². The molecule has 4 aromatic rings. The van der Waals surface area contributed by atoms with E-state index in [9.17, 15) is 9.59 Å². The Morgan fingerprint density at radius 2 is 1.77 bits per heavy atom. The fraction of sp³-hybridized carbons (Fsp3) is 0.281. The number of imidazole rings is 1. The van der Waals surface area contributed by atoms with Crippen molar-refractivity contribution in [2.45, 2.75) is 39.7 Å². The second kappa shape index (κ2) is 12.1. The lowest BCUT2D eigenvalue weighted by atomic mass is 10.1. The molecule has 2 heterocycles. The Hall–Kier alpha value is -3.94. The number of amides is 2. The van der Waals surface area contributed by atoms with Gasteiger partial charge in [-0.15, -0.1) is 0 Å². The quantitative estimate of drug-likeness (QED) is 0.273. The molecule has 40 heavy (non-hydrogen) atoms. The van der Waals surface area contributed by atoms with E-state index in [0.29, 0.717) is 35.4 Å². The molecule has 7 nitrogen and oxygen atoms in total. The maximum absolute atomic E-state index is 13.5. The number of anilines is 1. The molecule has 1 fully saturated rings. The number of nitrogens with one attached hydrogen (secondary N) is 1. The van der Waals surface area contributed by atoms with Crippen molar-refractivity contribution in [3.05, 3.63) is 100 Å². The minimum atomic E-state index is -0.336. The number of hydrogen-bond donors (Lipinski definition) is 1. The van der Waals surface area contributed by atoms with Gasteiger partial charge in [0.05, 0.1) is 11.8 Å². The Labute approximate surface area is 239 Å². The first kappa shape index (κ1) is 27.6. The molecular weight excluding hydrogens is 524 g/mol. The maximum Gasteiger partial charge on any atom is 0.254 e. The fourth-order valence-electron chi connectivity index (χ4n) is 4.77. The summed E-state index contributed by atoms with van der Waals surface area (Å²) in [6.45, 7) is 6.98. The van der Waals surface area contributed by atoms with Crippen molar-refractivity contribution < 1.29 is 14.3 Å². The molecule has 0 saturated carbocycles. The molecule has 0 radical (unpaired) electrons. The van der Waals surface area contributed by atoms with Crippen LogP contribution in [0.1, 0.15) is 39.9 Å². The van der Waals surface area contributed by atoms with Crippen LogP contribution >= 0.6 is 11.6 Å². The van der Waals surface area contributed by atoms with E-state index in [-0.39, 0.29) is 24.5 Å². The lowest BCUT2D eigenvalue weighted by Gasteiger charge is -2.25. The molecule has 0 spiro atoms. The fourth-order valence-corrected chi connectivity index (χ4v) is 4.90. The average molecular weight is 557 g/mol. The third-order valence-corrected chi connectivity index (χ3v) is 7.49. The summed E-state index contributed by atoms with van der Waals surface area (Å²) >= 11 is 6.10. The highest BCUT2D eigenvalue weighted by atomic mass is 35.5. The van der Waals surface area contributed by atoms with Gasteiger partial charge in [0, 0.05) is 41.2 Å². The zero-order valence-electron chi connectivity index (χ0n) is 23.0. The second-order valence-electron chi connectivity index (χ2n) is 10.3. The SMILES string of the molecule is Cc1ccc(C(=O)N(CC(=O)Nc2nc(-c3ccc(Cl)cc3)cn2-c2ccc(C)c(C)c2)CC2CCCO2)cc1. The van der Waals surface area contributed by atoms with E-state index in [2.05, 4.69) is 18.3 Å². The van der Waals surface area contributed by atoms with E-state index in [4.69, 9.17) is 21.3 Å². The molecule has 1 aromatic heterocycles. The molecule has 1 atom stereocenters. The predicted molar refractivity (Wildman–Crippen MR) is 158 cm³/mol. The number of aromatic nitrogens is 2. The Morgan fingerprint density at radius 3 is 2.45 bits per heavy atom. The molecule has 1 saturated heterocycles. The summed E-state index contributed by atoms with van der Waals surface area (Å²) in [5.74, 6) is -0.167. The lowest BCUT2D eigenvalue weighted by molar-refractivity contribution is -0.117. The number of hydrogen-bond acceptors (Lipinski definition) is 4. The number of ether oxygens (including phenoxy) is 1. The maximum atomic E-state index is 13.5. The standard InChI is InChI=1S/C32H33ClN4O3/c1-21-6-9-25(10-7-21)31(39)36(18-28-5-4-16-40-28)20-30(38)35-32-34-29(24-11-13-26(33)14-12-24)19-37(32)27-15-8-22(2)23(3)17-27/h6-15,17,19,28H,4-5,16,18,20H2,1-3H3,(H,34,35,38). The van der Waals surface area contributed by atoms with Crippen LogP contribution in [-0.2, 0) is 9.53 Å². The lowest BCUT2D eigenvalue weighted by Crippen LogP contribution is -2.42. The van der Waals surface area contributed by atoms with Crippen molar-refractivity contribution in [2.24, 2.45) is 0 Å². The summed E-state index contributed by atoms with van der Waals surface area (Å²) in [5, 5.41) is 3.60. The summed E-state index contributed by atoms with van der Waals surface area (Å²) in [6, 6.07) is 20.9. The topological polar surface area (TPSA) is 76.5 Å². The molecule has 0 bridgehead atoms. The molecule has 8 heteroatoms. The Bertz CT molecular complexity index is 1510. The van der Waals surface area contributed by atoms with Crippen LogP contribution in [0, 0.1) is 20.8 Å². The van der Waals surface area contributed by atoms with Crippen LogP contribution in [0.4, 0.5) is 5.95 Å². The third-order valence-electron chi connectivity index (χ3n) is 7.23. The second-order valence-corrected chi connectivity index (χ2v) is 10.8. The average Bonchev–Trinajstić information content (AvgIpc) is 3.60. The Morgan fingerprint density at radius 1 is 1.02 bits per heavy atom. The van der Waals surface area contributed by atoms with Crippen LogP contribution < -0.4 is 5.32 Å². The number of carbonyl (C=O) groups is 2. The van der Waals surface area contributed by atoms with E-state index >= 15 is 0 Å². The zero-order chi connectivity index (χ0) is 28.2. The molecular formula is C32H33ClN4O3. The normalized spacial score (nSPS) is 14.8. The third kappa shape index (κ3) is 6.43. The van der Waals surface area contributed by atoms with Gasteiger partial charge in [-0.25, -0.2) is 4.98 Å². The number of carbonyl (C=O) groups excluding carboxylic acids is 2. The Kier molecular flexibility index (Phi) is 8.33. The molecule has 3 aromatic carbocycles. The molecule has 206 valence electrons. The van der Waals surface area contributed by atoms with Crippen LogP contribution in [0.25, 0.3) is 16.9 Å². The monoisotopic (exact) mass is 556 g/mol. The van der Waals surface area contributed by atoms with Crippen molar-refractivity contribution in [1.82, 2.24) is 14.5 Å². The van der Waals surface area contributed by atoms with Gasteiger partial charge in [-0.2, -0.15) is 0 Å². The molecule has 1 N–H and O–H groups in total. The largest absolute Gasteiger partial charge is 0.376 e. The van der Waals surface area contributed by atoms with Crippen LogP contribution in [0.3, 0.4) is 0 Å². The first-order valence-electron chi connectivity index (χ1n) is 13.5. The summed E-state index contributed by atoms with van der Waals surface area (Å²) in [7, 11) is 0. The van der Waals surface area contributed by atoms with Gasteiger partial charge in [0.15, 0.2) is 0 Å². The van der Waals surface area contributed by atoms with Crippen molar-refractivity contribution in [1.29, 1.82) is 0 Å². The molecule has 1 aliphatic heterocycles. The summed E-state index contributed by atoms with van der Waals surface area (Å²) < 4.78 is 7.66. The minimum absolute atomic E-state index is 0.0868. The van der Waals surface area contributed by atoms with Gasteiger partial charge in [-0.05, 0) is 81.1 Å². The van der Waals surface area contributed by atoms with Gasteiger partial charge in [0.1, 0.15) is 6.54 Å². The van der Waals surface area contributed by atoms with Gasteiger partial charge in [0.25, 0.3) is 5.91 Å². The van der Waals surface area contributed by atoms with Gasteiger partial charge in [-0.3, -0.25) is 19.5 Å². The van der Waals surface area contributed by atoms with E-state index in [0.717, 1.165) is 35.2 Å². The zero-order valence-corrected chi connectivity index (χ0v) is 23.7. The van der Waals surface area contributed by atoms with Gasteiger partial charge < -0.3 is 9.64 Å². The van der Waals surface area contributed by atoms with Crippen LogP contribution in [0.2, 0.25) is 5.02 Å². The van der Waals surface area contributed by atoms with E-state index < -0.39 is 0 Å². The summed E-state index contributed by atoms with van der Waals surface area (Å²) in [6.07, 6.45) is 3.62. The minimum Gasteiger partial charge on any atom is -0.376 e. The van der Waals surface area contributed by atoms with Crippen molar-refractivity contribution >= 4 is 29.4 Å². The van der Waals surface area contributed by atoms with Crippen LogP contribution in [0.15, 0.2) is 72.9 Å². The van der Waals surface area contributed by atoms with E-state index in [1.807, 2.05) is 73.1 Å². The summed E-state index contributed by atoms with van der Waals surface area (Å²) in [5.41, 5.74) is 6.34. The first-order valence-corrected chi connectivity index (χ1v) is 13.8. The highest BCUT2D eigenvalue weighted by Crippen LogP contribution is 2.27. The van der Waals surface area contributed by atoms with E-state index in [1.54, 1.807) is 17.0 Å². The van der Waals surface area contributed by atoms with Gasteiger partial charge >= 0.3 is 0 Å². The van der Waals surface area contributed by atoms with Gasteiger partial charge in [-0.1, -0.05) is 47.5 Å². The molecule has 5 rings (SSSR count). The number of nitrogens with zero attached hydrogens (tertiary/aromatic N) is 3. The number of benzene rings is 3. The number of rotatable bonds is 8. The van der Waals surface area contributed by atoms with Crippen molar-refractivity contribution in [3.63, 3.8) is 0 Å².